The van der Waals surface area contributed by atoms with Crippen molar-refractivity contribution in [2.45, 2.75) is 50.5 Å². The van der Waals surface area contributed by atoms with Gasteiger partial charge in [0.25, 0.3) is 0 Å². The zero-order chi connectivity index (χ0) is 23.6. The fourth-order valence-corrected chi connectivity index (χ4v) is 4.16. The van der Waals surface area contributed by atoms with E-state index in [0.717, 1.165) is 16.7 Å². The van der Waals surface area contributed by atoms with Crippen LogP contribution in [0.5, 0.6) is 0 Å². The maximum Gasteiger partial charge on any atom is 0.173 e. The van der Waals surface area contributed by atoms with Crippen LogP contribution in [0, 0.1) is 0 Å². The second kappa shape index (κ2) is 12.8. The van der Waals surface area contributed by atoms with E-state index in [0.29, 0.717) is 19.8 Å². The second-order valence-corrected chi connectivity index (χ2v) is 8.40. The molecule has 3 aromatic carbocycles. The number of ether oxygens (including phenoxy) is 4. The molecule has 0 bridgehead atoms. The van der Waals surface area contributed by atoms with Gasteiger partial charge in [-0.25, -0.2) is 0 Å². The minimum atomic E-state index is -1.05. The van der Waals surface area contributed by atoms with Gasteiger partial charge in [0.1, 0.15) is 18.3 Å². The topological polar surface area (TPSA) is 69.2 Å². The van der Waals surface area contributed by atoms with Crippen LogP contribution >= 0.6 is 0 Å². The zero-order valence-electron chi connectivity index (χ0n) is 19.5. The summed E-state index contributed by atoms with van der Waals surface area (Å²) in [7, 11) is 1.79. The number of aliphatic hydroxyl groups is 1. The molecule has 0 aliphatic carbocycles. The first-order valence-electron chi connectivity index (χ1n) is 11.7. The first-order chi connectivity index (χ1) is 16.7. The standard InChI is InChI=1S/C28H33NO5/c1-29-25-27(33-19-23-15-9-4-10-16-23)26(32-18-22-13-7-3-8-14-22)24(34-28(25)30)20-31-17-21-11-5-2-6-12-21/h2-16,24-30H,17-20H2,1H3/t24-,25-,26-,27-,28-/m1/s1. The Hall–Kier alpha value is -2.58. The largest absolute Gasteiger partial charge is 0.374 e. The molecule has 1 fully saturated rings. The Morgan fingerprint density at radius 1 is 0.706 bits per heavy atom. The van der Waals surface area contributed by atoms with Crippen molar-refractivity contribution in [2.75, 3.05) is 13.7 Å². The normalized spacial score (nSPS) is 24.7. The predicted molar refractivity (Wildman–Crippen MR) is 130 cm³/mol. The molecule has 1 aliphatic heterocycles. The molecule has 1 heterocycles. The Bertz CT molecular complexity index is 956. The number of nitrogens with one attached hydrogen (secondary N) is 1. The minimum absolute atomic E-state index is 0.271. The van der Waals surface area contributed by atoms with Crippen LogP contribution in [0.1, 0.15) is 16.7 Å². The van der Waals surface area contributed by atoms with Gasteiger partial charge in [0.2, 0.25) is 0 Å². The van der Waals surface area contributed by atoms with E-state index in [9.17, 15) is 5.11 Å². The van der Waals surface area contributed by atoms with E-state index in [1.165, 1.54) is 0 Å². The molecule has 6 heteroatoms. The molecule has 0 saturated carbocycles. The number of rotatable bonds is 11. The number of hydrogen-bond donors (Lipinski definition) is 2. The van der Waals surface area contributed by atoms with Crippen molar-refractivity contribution < 1.29 is 24.1 Å². The summed E-state index contributed by atoms with van der Waals surface area (Å²) >= 11 is 0. The van der Waals surface area contributed by atoms with E-state index in [1.807, 2.05) is 91.0 Å². The van der Waals surface area contributed by atoms with Gasteiger partial charge < -0.3 is 29.4 Å². The van der Waals surface area contributed by atoms with Gasteiger partial charge in [0.15, 0.2) is 6.29 Å². The average Bonchev–Trinajstić information content (AvgIpc) is 2.88. The molecule has 6 nitrogen and oxygen atoms in total. The summed E-state index contributed by atoms with van der Waals surface area (Å²) in [6.07, 6.45) is -2.43. The van der Waals surface area contributed by atoms with Gasteiger partial charge in [-0.1, -0.05) is 91.0 Å². The number of hydrogen-bond acceptors (Lipinski definition) is 6. The van der Waals surface area contributed by atoms with E-state index in [-0.39, 0.29) is 6.61 Å². The highest BCUT2D eigenvalue weighted by molar-refractivity contribution is 5.15. The van der Waals surface area contributed by atoms with Gasteiger partial charge in [0.05, 0.1) is 32.5 Å². The van der Waals surface area contributed by atoms with Gasteiger partial charge in [-0.05, 0) is 23.7 Å². The van der Waals surface area contributed by atoms with Gasteiger partial charge in [-0.2, -0.15) is 0 Å². The van der Waals surface area contributed by atoms with E-state index in [2.05, 4.69) is 5.32 Å². The Kier molecular flexibility index (Phi) is 9.21. The van der Waals surface area contributed by atoms with Crippen molar-refractivity contribution in [1.29, 1.82) is 0 Å². The van der Waals surface area contributed by atoms with Crippen LogP contribution in [-0.4, -0.2) is 49.4 Å². The summed E-state index contributed by atoms with van der Waals surface area (Å²) in [5, 5.41) is 13.9. The quantitative estimate of drug-likeness (QED) is 0.452. The van der Waals surface area contributed by atoms with E-state index in [4.69, 9.17) is 18.9 Å². The van der Waals surface area contributed by atoms with Gasteiger partial charge >= 0.3 is 0 Å². The molecule has 0 unspecified atom stereocenters. The molecular weight excluding hydrogens is 430 g/mol. The first-order valence-corrected chi connectivity index (χ1v) is 11.7. The van der Waals surface area contributed by atoms with Crippen molar-refractivity contribution >= 4 is 0 Å². The molecule has 1 aliphatic rings. The Labute approximate surface area is 201 Å². The molecular formula is C28H33NO5. The summed E-state index contributed by atoms with van der Waals surface area (Å²) in [5.74, 6) is 0. The van der Waals surface area contributed by atoms with Crippen molar-refractivity contribution in [1.82, 2.24) is 5.32 Å². The smallest absolute Gasteiger partial charge is 0.173 e. The summed E-state index contributed by atoms with van der Waals surface area (Å²) in [6, 6.07) is 29.5. The van der Waals surface area contributed by atoms with Crippen LogP contribution in [0.25, 0.3) is 0 Å². The molecule has 4 rings (SSSR count). The third kappa shape index (κ3) is 6.73. The fourth-order valence-electron chi connectivity index (χ4n) is 4.16. The van der Waals surface area contributed by atoms with Crippen molar-refractivity contribution in [3.8, 4) is 0 Å². The molecule has 5 atom stereocenters. The van der Waals surface area contributed by atoms with Gasteiger partial charge in [-0.3, -0.25) is 0 Å². The Balaban J connectivity index is 1.49. The highest BCUT2D eigenvalue weighted by Crippen LogP contribution is 2.27. The van der Waals surface area contributed by atoms with Crippen LogP contribution in [0.15, 0.2) is 91.0 Å². The lowest BCUT2D eigenvalue weighted by Crippen LogP contribution is -2.64. The van der Waals surface area contributed by atoms with E-state index < -0.39 is 30.6 Å². The molecule has 34 heavy (non-hydrogen) atoms. The Morgan fingerprint density at radius 2 is 1.18 bits per heavy atom. The van der Waals surface area contributed by atoms with Crippen LogP contribution in [-0.2, 0) is 38.8 Å². The third-order valence-electron chi connectivity index (χ3n) is 5.96. The van der Waals surface area contributed by atoms with Gasteiger partial charge in [-0.15, -0.1) is 0 Å². The summed E-state index contributed by atoms with van der Waals surface area (Å²) < 4.78 is 24.7. The second-order valence-electron chi connectivity index (χ2n) is 8.40. The lowest BCUT2D eigenvalue weighted by Gasteiger charge is -2.44. The molecule has 180 valence electrons. The fraction of sp³-hybridized carbons (Fsp3) is 0.357. The predicted octanol–water partition coefficient (Wildman–Crippen LogP) is 3.68. The SMILES string of the molecule is CN[C@@H]1[C@@H](OCc2ccccc2)[C@H](OCc2ccccc2)[C@@H](COCc2ccccc2)O[C@H]1O. The van der Waals surface area contributed by atoms with E-state index in [1.54, 1.807) is 7.05 Å². The molecule has 1 saturated heterocycles. The molecule has 2 N–H and O–H groups in total. The zero-order valence-corrected chi connectivity index (χ0v) is 19.5. The van der Waals surface area contributed by atoms with Crippen LogP contribution in [0.2, 0.25) is 0 Å². The molecule has 3 aromatic rings. The van der Waals surface area contributed by atoms with E-state index >= 15 is 0 Å². The highest BCUT2D eigenvalue weighted by Gasteiger charge is 2.46. The lowest BCUT2D eigenvalue weighted by molar-refractivity contribution is -0.277. The van der Waals surface area contributed by atoms with Crippen molar-refractivity contribution in [3.05, 3.63) is 108 Å². The van der Waals surface area contributed by atoms with Crippen molar-refractivity contribution in [3.63, 3.8) is 0 Å². The van der Waals surface area contributed by atoms with Gasteiger partial charge in [0, 0.05) is 0 Å². The van der Waals surface area contributed by atoms with Crippen LogP contribution < -0.4 is 5.32 Å². The summed E-state index contributed by atoms with van der Waals surface area (Å²) in [6.45, 7) is 1.53. The monoisotopic (exact) mass is 463 g/mol. The number of aliphatic hydroxyl groups excluding tert-OH is 1. The molecule has 0 spiro atoms. The molecule has 0 aromatic heterocycles. The first kappa shape index (κ1) is 24.5. The highest BCUT2D eigenvalue weighted by atomic mass is 16.7. The lowest BCUT2D eigenvalue weighted by atomic mass is 9.96. The van der Waals surface area contributed by atoms with Crippen LogP contribution in [0.3, 0.4) is 0 Å². The maximum atomic E-state index is 10.8. The minimum Gasteiger partial charge on any atom is -0.374 e. The third-order valence-corrected chi connectivity index (χ3v) is 5.96. The van der Waals surface area contributed by atoms with Crippen molar-refractivity contribution in [2.24, 2.45) is 0 Å². The van der Waals surface area contributed by atoms with Crippen LogP contribution in [0.4, 0.5) is 0 Å². The molecule has 0 amide bonds. The average molecular weight is 464 g/mol. The summed E-state index contributed by atoms with van der Waals surface area (Å²) in [5.41, 5.74) is 3.18. The number of likely N-dealkylation sites (N-methyl/N-ethyl adjacent to an activating group) is 1. The summed E-state index contributed by atoms with van der Waals surface area (Å²) in [4.78, 5) is 0. The maximum absolute atomic E-state index is 10.8. The molecule has 0 radical (unpaired) electrons. The number of benzene rings is 3. The Morgan fingerprint density at radius 3 is 1.68 bits per heavy atom.